The molecule has 0 bridgehead atoms. The number of hydrogen-bond acceptors (Lipinski definition) is 4. The van der Waals surface area contributed by atoms with Crippen molar-refractivity contribution in [3.8, 4) is 22.9 Å². The van der Waals surface area contributed by atoms with Gasteiger partial charge in [0.05, 0.1) is 17.1 Å². The number of nitrogen functional groups attached to an aromatic ring is 1. The summed E-state index contributed by atoms with van der Waals surface area (Å²) >= 11 is 0. The number of rotatable bonds is 4. The van der Waals surface area contributed by atoms with Crippen LogP contribution < -0.4 is 5.73 Å². The van der Waals surface area contributed by atoms with Gasteiger partial charge in [-0.15, -0.1) is 0 Å². The maximum atomic E-state index is 13.8. The Morgan fingerprint density at radius 2 is 1.76 bits per heavy atom. The van der Waals surface area contributed by atoms with E-state index in [-0.39, 0.29) is 11.7 Å². The van der Waals surface area contributed by atoms with E-state index in [1.165, 1.54) is 18.3 Å². The number of anilines is 1. The van der Waals surface area contributed by atoms with Gasteiger partial charge in [0.1, 0.15) is 5.82 Å². The Kier molecular flexibility index (Phi) is 5.41. The Balaban J connectivity index is 1.90. The molecule has 1 saturated heterocycles. The van der Waals surface area contributed by atoms with Crippen molar-refractivity contribution in [3.05, 3.63) is 83.3 Å². The van der Waals surface area contributed by atoms with Gasteiger partial charge in [-0.25, -0.2) is 4.39 Å². The monoisotopic (exact) mass is 438 g/mol. The van der Waals surface area contributed by atoms with Gasteiger partial charge in [0.15, 0.2) is 0 Å². The van der Waals surface area contributed by atoms with Gasteiger partial charge in [-0.3, -0.25) is 0 Å². The second-order valence-corrected chi connectivity index (χ2v) is 8.29. The van der Waals surface area contributed by atoms with Crippen LogP contribution >= 0.6 is 0 Å². The Morgan fingerprint density at radius 3 is 2.39 bits per heavy atom. The van der Waals surface area contributed by atoms with Gasteiger partial charge in [0, 0.05) is 58.9 Å². The number of aromatic nitrogens is 1. The number of fused-ring (bicyclic) bond motifs is 1. The van der Waals surface area contributed by atoms with Gasteiger partial charge in [-0.2, -0.15) is 5.26 Å². The molecule has 1 aliphatic rings. The molecule has 2 heterocycles. The molecular weight excluding hydrogens is 415 g/mol. The molecule has 0 spiro atoms. The van der Waals surface area contributed by atoms with Crippen LogP contribution in [-0.4, -0.2) is 24.0 Å². The summed E-state index contributed by atoms with van der Waals surface area (Å²) in [6, 6.07) is 20.1. The number of nitrogens with one attached hydrogen (secondary N) is 1. The lowest BCUT2D eigenvalue weighted by Crippen LogP contribution is -2.17. The number of halogens is 1. The smallest absolute Gasteiger partial charge is 0.123 e. The number of ether oxygens (including phenoxy) is 1. The SMILES string of the molecule is N#Cc1ccc(-c2c(C3CCOCC3)n(-c3ccc(F)cc3)c3cc(C=N)c(N)cc23)cc1. The van der Waals surface area contributed by atoms with Gasteiger partial charge >= 0.3 is 0 Å². The van der Waals surface area contributed by atoms with E-state index in [2.05, 4.69) is 10.6 Å². The van der Waals surface area contributed by atoms with Gasteiger partial charge in [0.2, 0.25) is 0 Å². The van der Waals surface area contributed by atoms with E-state index >= 15 is 0 Å². The van der Waals surface area contributed by atoms with Crippen LogP contribution in [0.4, 0.5) is 10.1 Å². The van der Waals surface area contributed by atoms with Crippen LogP contribution in [0.25, 0.3) is 27.7 Å². The molecule has 3 aromatic carbocycles. The summed E-state index contributed by atoms with van der Waals surface area (Å²) in [5.41, 5.74) is 13.0. The molecule has 0 unspecified atom stereocenters. The normalized spacial score (nSPS) is 14.3. The van der Waals surface area contributed by atoms with E-state index in [0.717, 1.165) is 46.3 Å². The number of nitrogens with two attached hydrogens (primary N) is 1. The van der Waals surface area contributed by atoms with E-state index in [4.69, 9.17) is 15.9 Å². The number of hydrogen-bond donors (Lipinski definition) is 2. The lowest BCUT2D eigenvalue weighted by atomic mass is 9.89. The average molecular weight is 439 g/mol. The van der Waals surface area contributed by atoms with Crippen molar-refractivity contribution in [2.24, 2.45) is 0 Å². The molecule has 0 radical (unpaired) electrons. The molecule has 0 amide bonds. The molecule has 0 aliphatic carbocycles. The zero-order valence-corrected chi connectivity index (χ0v) is 18.0. The third-order valence-corrected chi connectivity index (χ3v) is 6.36. The lowest BCUT2D eigenvalue weighted by Gasteiger charge is -2.26. The lowest BCUT2D eigenvalue weighted by molar-refractivity contribution is 0.0844. The fourth-order valence-corrected chi connectivity index (χ4v) is 4.75. The third-order valence-electron chi connectivity index (χ3n) is 6.36. The number of nitrogens with zero attached hydrogens (tertiary/aromatic N) is 2. The predicted molar refractivity (Wildman–Crippen MR) is 128 cm³/mol. The van der Waals surface area contributed by atoms with Crippen LogP contribution in [0, 0.1) is 22.6 Å². The molecule has 1 aromatic heterocycles. The fourth-order valence-electron chi connectivity index (χ4n) is 4.75. The molecule has 0 saturated carbocycles. The molecule has 1 fully saturated rings. The first kappa shape index (κ1) is 20.9. The van der Waals surface area contributed by atoms with Crippen molar-refractivity contribution in [1.82, 2.24) is 4.57 Å². The van der Waals surface area contributed by atoms with Gasteiger partial charge < -0.3 is 20.4 Å². The minimum atomic E-state index is -0.292. The summed E-state index contributed by atoms with van der Waals surface area (Å²) in [6.07, 6.45) is 2.99. The topological polar surface area (TPSA) is 87.8 Å². The first-order chi connectivity index (χ1) is 16.1. The van der Waals surface area contributed by atoms with Gasteiger partial charge in [0.25, 0.3) is 0 Å². The molecule has 33 heavy (non-hydrogen) atoms. The first-order valence-corrected chi connectivity index (χ1v) is 10.9. The quantitative estimate of drug-likeness (QED) is 0.313. The average Bonchev–Trinajstić information content (AvgIpc) is 3.18. The molecule has 4 aromatic rings. The van der Waals surface area contributed by atoms with Gasteiger partial charge in [-0.05, 0) is 66.9 Å². The maximum Gasteiger partial charge on any atom is 0.123 e. The van der Waals surface area contributed by atoms with E-state index < -0.39 is 0 Å². The summed E-state index contributed by atoms with van der Waals surface area (Å²) in [7, 11) is 0. The second kappa shape index (κ2) is 8.53. The molecule has 5 nitrogen and oxygen atoms in total. The van der Waals surface area contributed by atoms with Crippen molar-refractivity contribution < 1.29 is 9.13 Å². The van der Waals surface area contributed by atoms with Crippen molar-refractivity contribution >= 4 is 22.8 Å². The number of nitriles is 1. The van der Waals surface area contributed by atoms with Crippen molar-refractivity contribution in [1.29, 1.82) is 10.7 Å². The summed E-state index contributed by atoms with van der Waals surface area (Å²) in [5, 5.41) is 18.0. The summed E-state index contributed by atoms with van der Waals surface area (Å²) in [4.78, 5) is 0. The van der Waals surface area contributed by atoms with Crippen LogP contribution in [0.5, 0.6) is 0 Å². The summed E-state index contributed by atoms with van der Waals surface area (Å²) in [5.74, 6) is -0.0638. The molecule has 5 rings (SSSR count). The molecular formula is C27H23FN4O. The maximum absolute atomic E-state index is 13.8. The Morgan fingerprint density at radius 1 is 1.06 bits per heavy atom. The highest BCUT2D eigenvalue weighted by Gasteiger charge is 2.28. The summed E-state index contributed by atoms with van der Waals surface area (Å²) in [6.45, 7) is 1.35. The Bertz CT molecular complexity index is 1380. The standard InChI is InChI=1S/C27H23FN4O/c28-21-5-7-22(8-6-21)32-25-13-20(16-30)24(31)14-23(25)26(18-3-1-17(15-29)2-4-18)27(32)19-9-11-33-12-10-19/h1-8,13-14,16,19,30H,9-12,31H2. The number of benzene rings is 3. The zero-order chi connectivity index (χ0) is 22.9. The second-order valence-electron chi connectivity index (χ2n) is 8.29. The minimum Gasteiger partial charge on any atom is -0.398 e. The molecule has 1 aliphatic heterocycles. The molecule has 6 heteroatoms. The van der Waals surface area contributed by atoms with Crippen LogP contribution in [0.2, 0.25) is 0 Å². The zero-order valence-electron chi connectivity index (χ0n) is 18.0. The minimum absolute atomic E-state index is 0.228. The van der Waals surface area contributed by atoms with Crippen LogP contribution in [0.3, 0.4) is 0 Å². The molecule has 0 atom stereocenters. The predicted octanol–water partition coefficient (Wildman–Crippen LogP) is 5.78. The first-order valence-electron chi connectivity index (χ1n) is 10.9. The fraction of sp³-hybridized carbons (Fsp3) is 0.185. The molecule has 3 N–H and O–H groups in total. The van der Waals surface area contributed by atoms with Crippen LogP contribution in [-0.2, 0) is 4.74 Å². The molecule has 164 valence electrons. The van der Waals surface area contributed by atoms with Crippen LogP contribution in [0.15, 0.2) is 60.7 Å². The van der Waals surface area contributed by atoms with E-state index in [9.17, 15) is 9.65 Å². The third kappa shape index (κ3) is 3.67. The summed E-state index contributed by atoms with van der Waals surface area (Å²) < 4.78 is 21.6. The van der Waals surface area contributed by atoms with Crippen molar-refractivity contribution in [2.45, 2.75) is 18.8 Å². The highest BCUT2D eigenvalue weighted by Crippen LogP contribution is 2.44. The van der Waals surface area contributed by atoms with Crippen molar-refractivity contribution in [2.75, 3.05) is 18.9 Å². The highest BCUT2D eigenvalue weighted by atomic mass is 19.1. The van der Waals surface area contributed by atoms with Gasteiger partial charge in [-0.1, -0.05) is 12.1 Å². The highest BCUT2D eigenvalue weighted by molar-refractivity contribution is 6.04. The largest absolute Gasteiger partial charge is 0.398 e. The van der Waals surface area contributed by atoms with Crippen LogP contribution in [0.1, 0.15) is 35.6 Å². The van der Waals surface area contributed by atoms with E-state index in [1.807, 2.05) is 36.4 Å². The van der Waals surface area contributed by atoms with Crippen molar-refractivity contribution in [3.63, 3.8) is 0 Å². The Hall–Kier alpha value is -3.95. The van der Waals surface area contributed by atoms with E-state index in [1.54, 1.807) is 12.1 Å². The van der Waals surface area contributed by atoms with E-state index in [0.29, 0.717) is 30.0 Å². The Labute approximate surface area is 191 Å².